The zero-order valence-corrected chi connectivity index (χ0v) is 14.0. The Bertz CT molecular complexity index is 580. The van der Waals surface area contributed by atoms with E-state index in [2.05, 4.69) is 9.80 Å². The Kier molecular flexibility index (Phi) is 5.33. The molecule has 6 heteroatoms. The van der Waals surface area contributed by atoms with E-state index in [0.717, 1.165) is 51.0 Å². The molecule has 1 atom stereocenters. The Morgan fingerprint density at radius 3 is 2.29 bits per heavy atom. The summed E-state index contributed by atoms with van der Waals surface area (Å²) in [5.41, 5.74) is 1.07. The van der Waals surface area contributed by atoms with Crippen LogP contribution < -0.4 is 4.90 Å². The van der Waals surface area contributed by atoms with Gasteiger partial charge in [0, 0.05) is 44.0 Å². The highest BCUT2D eigenvalue weighted by Gasteiger charge is 2.29. The van der Waals surface area contributed by atoms with Crippen molar-refractivity contribution in [2.45, 2.75) is 38.5 Å². The quantitative estimate of drug-likeness (QED) is 0.630. The van der Waals surface area contributed by atoms with Gasteiger partial charge in [-0.2, -0.15) is 0 Å². The maximum Gasteiger partial charge on any atom is 0.269 e. The SMILES string of the molecule is O=C(C1CCCN(c2ccc([N+](=O)[O-])cc2)C1)N1CCCCCC1. The predicted octanol–water partition coefficient (Wildman–Crippen LogP) is 3.21. The Balaban J connectivity index is 1.65. The summed E-state index contributed by atoms with van der Waals surface area (Å²) in [6.45, 7) is 3.41. The average molecular weight is 331 g/mol. The van der Waals surface area contributed by atoms with Crippen molar-refractivity contribution in [3.63, 3.8) is 0 Å². The Labute approximate surface area is 142 Å². The summed E-state index contributed by atoms with van der Waals surface area (Å²) in [6, 6.07) is 6.65. The fraction of sp³-hybridized carbons (Fsp3) is 0.611. The zero-order chi connectivity index (χ0) is 16.9. The number of anilines is 1. The first kappa shape index (κ1) is 16.7. The van der Waals surface area contributed by atoms with E-state index in [-0.39, 0.29) is 16.5 Å². The van der Waals surface area contributed by atoms with Gasteiger partial charge in [-0.25, -0.2) is 0 Å². The van der Waals surface area contributed by atoms with Gasteiger partial charge in [-0.15, -0.1) is 0 Å². The van der Waals surface area contributed by atoms with Gasteiger partial charge in [-0.05, 0) is 37.8 Å². The molecular weight excluding hydrogens is 306 g/mol. The molecule has 0 radical (unpaired) electrons. The van der Waals surface area contributed by atoms with Crippen LogP contribution in [0.4, 0.5) is 11.4 Å². The number of piperidine rings is 1. The molecule has 0 bridgehead atoms. The van der Waals surface area contributed by atoms with Crippen LogP contribution in [0.25, 0.3) is 0 Å². The third kappa shape index (κ3) is 3.86. The summed E-state index contributed by atoms with van der Waals surface area (Å²) in [5.74, 6) is 0.343. The normalized spacial score (nSPS) is 22.1. The van der Waals surface area contributed by atoms with Crippen LogP contribution in [0.3, 0.4) is 0 Å². The molecule has 130 valence electrons. The van der Waals surface area contributed by atoms with Crippen LogP contribution in [0.2, 0.25) is 0 Å². The van der Waals surface area contributed by atoms with Gasteiger partial charge in [0.1, 0.15) is 0 Å². The molecule has 6 nitrogen and oxygen atoms in total. The van der Waals surface area contributed by atoms with E-state index in [0.29, 0.717) is 12.5 Å². The van der Waals surface area contributed by atoms with E-state index < -0.39 is 0 Å². The minimum absolute atomic E-state index is 0.0482. The third-order valence-corrected chi connectivity index (χ3v) is 5.11. The monoisotopic (exact) mass is 331 g/mol. The minimum atomic E-state index is -0.383. The van der Waals surface area contributed by atoms with Crippen molar-refractivity contribution in [3.05, 3.63) is 34.4 Å². The number of non-ortho nitro benzene ring substituents is 1. The van der Waals surface area contributed by atoms with Gasteiger partial charge in [-0.1, -0.05) is 12.8 Å². The molecule has 2 aliphatic heterocycles. The van der Waals surface area contributed by atoms with Gasteiger partial charge >= 0.3 is 0 Å². The van der Waals surface area contributed by atoms with Gasteiger partial charge in [0.05, 0.1) is 10.8 Å². The maximum atomic E-state index is 12.8. The number of nitro benzene ring substituents is 1. The molecule has 2 aliphatic rings. The summed E-state index contributed by atoms with van der Waals surface area (Å²) in [5, 5.41) is 10.8. The number of carbonyl (C=O) groups excluding carboxylic acids is 1. The molecule has 0 aliphatic carbocycles. The second-order valence-corrected chi connectivity index (χ2v) is 6.80. The van der Waals surface area contributed by atoms with Crippen LogP contribution >= 0.6 is 0 Å². The summed E-state index contributed by atoms with van der Waals surface area (Å²) >= 11 is 0. The fourth-order valence-electron chi connectivity index (χ4n) is 3.75. The van der Waals surface area contributed by atoms with Crippen LogP contribution in [-0.4, -0.2) is 41.9 Å². The van der Waals surface area contributed by atoms with Crippen molar-refractivity contribution < 1.29 is 9.72 Å². The van der Waals surface area contributed by atoms with Crippen molar-refractivity contribution in [2.75, 3.05) is 31.1 Å². The van der Waals surface area contributed by atoms with E-state index in [9.17, 15) is 14.9 Å². The lowest BCUT2D eigenvalue weighted by molar-refractivity contribution is -0.384. The molecule has 0 aromatic heterocycles. The molecule has 1 aromatic rings. The number of amides is 1. The number of hydrogen-bond acceptors (Lipinski definition) is 4. The third-order valence-electron chi connectivity index (χ3n) is 5.11. The van der Waals surface area contributed by atoms with Crippen LogP contribution in [0, 0.1) is 16.0 Å². The molecule has 1 amide bonds. The van der Waals surface area contributed by atoms with Gasteiger partial charge in [0.15, 0.2) is 0 Å². The van der Waals surface area contributed by atoms with E-state index in [1.807, 2.05) is 0 Å². The first-order valence-electron chi connectivity index (χ1n) is 8.93. The Morgan fingerprint density at radius 1 is 1.00 bits per heavy atom. The lowest BCUT2D eigenvalue weighted by Gasteiger charge is -2.36. The highest BCUT2D eigenvalue weighted by molar-refractivity contribution is 5.80. The molecule has 2 fully saturated rings. The fourth-order valence-corrected chi connectivity index (χ4v) is 3.75. The van der Waals surface area contributed by atoms with Crippen molar-refractivity contribution in [3.8, 4) is 0 Å². The highest BCUT2D eigenvalue weighted by Crippen LogP contribution is 2.26. The van der Waals surface area contributed by atoms with Gasteiger partial charge < -0.3 is 9.80 Å². The van der Waals surface area contributed by atoms with E-state index >= 15 is 0 Å². The summed E-state index contributed by atoms with van der Waals surface area (Å²) < 4.78 is 0. The molecule has 24 heavy (non-hydrogen) atoms. The number of rotatable bonds is 3. The first-order valence-corrected chi connectivity index (χ1v) is 8.93. The van der Waals surface area contributed by atoms with E-state index in [4.69, 9.17) is 0 Å². The molecule has 0 saturated carbocycles. The number of carbonyl (C=O) groups is 1. The molecule has 1 aromatic carbocycles. The van der Waals surface area contributed by atoms with Crippen LogP contribution in [0.15, 0.2) is 24.3 Å². The summed E-state index contributed by atoms with van der Waals surface area (Å²) in [4.78, 5) is 27.5. The smallest absolute Gasteiger partial charge is 0.269 e. The zero-order valence-electron chi connectivity index (χ0n) is 14.0. The van der Waals surface area contributed by atoms with E-state index in [1.165, 1.54) is 25.0 Å². The first-order chi connectivity index (χ1) is 11.6. The molecule has 3 rings (SSSR count). The number of hydrogen-bond donors (Lipinski definition) is 0. The number of benzene rings is 1. The number of nitro groups is 1. The maximum absolute atomic E-state index is 12.8. The summed E-state index contributed by atoms with van der Waals surface area (Å²) in [6.07, 6.45) is 6.61. The van der Waals surface area contributed by atoms with Gasteiger partial charge in [0.25, 0.3) is 5.69 Å². The van der Waals surface area contributed by atoms with Crippen molar-refractivity contribution in [2.24, 2.45) is 5.92 Å². The minimum Gasteiger partial charge on any atom is -0.371 e. The Hall–Kier alpha value is -2.11. The number of likely N-dealkylation sites (tertiary alicyclic amines) is 1. The Morgan fingerprint density at radius 2 is 1.67 bits per heavy atom. The molecule has 1 unspecified atom stereocenters. The molecular formula is C18H25N3O3. The molecule has 2 saturated heterocycles. The van der Waals surface area contributed by atoms with Gasteiger partial charge in [0.2, 0.25) is 5.91 Å². The topological polar surface area (TPSA) is 66.7 Å². The standard InChI is InChI=1S/C18H25N3O3/c22-18(19-11-3-1-2-4-12-19)15-6-5-13-20(14-15)16-7-9-17(10-8-16)21(23)24/h7-10,15H,1-6,11-14H2. The number of nitrogens with zero attached hydrogens (tertiary/aromatic N) is 3. The lowest BCUT2D eigenvalue weighted by Crippen LogP contribution is -2.45. The van der Waals surface area contributed by atoms with Crippen molar-refractivity contribution in [1.29, 1.82) is 0 Å². The molecule has 0 spiro atoms. The second-order valence-electron chi connectivity index (χ2n) is 6.80. The van der Waals surface area contributed by atoms with Crippen LogP contribution in [0.1, 0.15) is 38.5 Å². The van der Waals surface area contributed by atoms with Crippen molar-refractivity contribution in [1.82, 2.24) is 4.90 Å². The average Bonchev–Trinajstić information content (AvgIpc) is 2.90. The van der Waals surface area contributed by atoms with Crippen LogP contribution in [-0.2, 0) is 4.79 Å². The summed E-state index contributed by atoms with van der Waals surface area (Å²) in [7, 11) is 0. The second kappa shape index (κ2) is 7.64. The molecule has 2 heterocycles. The predicted molar refractivity (Wildman–Crippen MR) is 93.1 cm³/mol. The van der Waals surface area contributed by atoms with Crippen molar-refractivity contribution >= 4 is 17.3 Å². The lowest BCUT2D eigenvalue weighted by atomic mass is 9.95. The van der Waals surface area contributed by atoms with Gasteiger partial charge in [-0.3, -0.25) is 14.9 Å². The van der Waals surface area contributed by atoms with E-state index in [1.54, 1.807) is 12.1 Å². The highest BCUT2D eigenvalue weighted by atomic mass is 16.6. The largest absolute Gasteiger partial charge is 0.371 e. The van der Waals surface area contributed by atoms with Crippen LogP contribution in [0.5, 0.6) is 0 Å². The molecule has 0 N–H and O–H groups in total.